The Morgan fingerprint density at radius 2 is 1.60 bits per heavy atom. The van der Waals surface area contributed by atoms with Gasteiger partial charge in [-0.05, 0) is 0 Å². The Labute approximate surface area is 127 Å². The van der Waals surface area contributed by atoms with E-state index >= 15 is 0 Å². The van der Waals surface area contributed by atoms with E-state index in [1.54, 1.807) is 0 Å². The summed E-state index contributed by atoms with van der Waals surface area (Å²) in [5.74, 6) is 0. The highest BCUT2D eigenvalue weighted by Gasteiger charge is 2.43. The lowest BCUT2D eigenvalue weighted by atomic mass is 10.1. The molecule has 0 spiro atoms. The molecule has 0 aliphatic carbocycles. The number of oxime groups is 1. The first-order valence-electron chi connectivity index (χ1n) is 4.65. The van der Waals surface area contributed by atoms with Gasteiger partial charge in [0.25, 0.3) is 0 Å². The maximum absolute atomic E-state index is 12.8. The number of hydrogen-bond donors (Lipinski definition) is 0. The zero-order valence-electron chi connectivity index (χ0n) is 9.23. The minimum absolute atomic E-state index is 0.403. The first-order chi connectivity index (χ1) is 8.95. The lowest BCUT2D eigenvalue weighted by Crippen LogP contribution is -2.27. The van der Waals surface area contributed by atoms with Gasteiger partial charge in [-0.25, -0.2) is 0 Å². The van der Waals surface area contributed by atoms with Crippen LogP contribution in [-0.2, 0) is 14.4 Å². The van der Waals surface area contributed by atoms with Crippen LogP contribution in [0.2, 0.25) is 0 Å². The Hall–Kier alpha value is -0.700. The molecule has 0 aromatic heterocycles. The monoisotopic (exact) mass is 369 g/mol. The first kappa shape index (κ1) is 17.4. The maximum Gasteiger partial charge on any atom is 0.437 e. The summed E-state index contributed by atoms with van der Waals surface area (Å²) in [5, 5.41) is 2.55. The molecule has 4 nitrogen and oxygen atoms in total. The highest BCUT2D eigenvalue weighted by Crippen LogP contribution is 2.34. The summed E-state index contributed by atoms with van der Waals surface area (Å²) in [6.07, 6.45) is -4.95. The van der Waals surface area contributed by atoms with Gasteiger partial charge in [0.05, 0.1) is 0 Å². The number of nitrogens with zero attached hydrogens (tertiary/aromatic N) is 1. The SMILES string of the molecule is O=S(=O)(O/N=C(/c1ccccc1)C(F)(F)F)C(Cl)(Cl)Cl. The van der Waals surface area contributed by atoms with Gasteiger partial charge >= 0.3 is 19.4 Å². The molecule has 112 valence electrons. The fraction of sp³-hybridized carbons (Fsp3) is 0.222. The van der Waals surface area contributed by atoms with Crippen LogP contribution in [0.3, 0.4) is 0 Å². The third-order valence-corrected chi connectivity index (χ3v) is 4.36. The highest BCUT2D eigenvalue weighted by atomic mass is 35.6. The molecular formula is C9H5Cl3F3NO3S. The molecule has 0 saturated carbocycles. The van der Waals surface area contributed by atoms with Gasteiger partial charge in [0, 0.05) is 5.56 Å². The van der Waals surface area contributed by atoms with Crippen molar-refractivity contribution in [3.05, 3.63) is 35.9 Å². The Bertz CT molecular complexity index is 596. The van der Waals surface area contributed by atoms with Crippen LogP contribution in [0.1, 0.15) is 5.56 Å². The smallest absolute Gasteiger partial charge is 0.265 e. The lowest BCUT2D eigenvalue weighted by molar-refractivity contribution is -0.0597. The van der Waals surface area contributed by atoms with Crippen LogP contribution in [-0.4, -0.2) is 23.4 Å². The predicted octanol–water partition coefficient (Wildman–Crippen LogP) is 3.63. The van der Waals surface area contributed by atoms with E-state index in [4.69, 9.17) is 34.8 Å². The van der Waals surface area contributed by atoms with Crippen LogP contribution in [0.5, 0.6) is 0 Å². The number of benzene rings is 1. The topological polar surface area (TPSA) is 55.7 Å². The predicted molar refractivity (Wildman–Crippen MR) is 69.3 cm³/mol. The second-order valence-electron chi connectivity index (χ2n) is 3.28. The molecule has 0 fully saturated rings. The van der Waals surface area contributed by atoms with Crippen molar-refractivity contribution in [1.82, 2.24) is 0 Å². The molecular weight excluding hydrogens is 366 g/mol. The summed E-state index contributed by atoms with van der Waals surface area (Å²) in [4.78, 5) is 0. The van der Waals surface area contributed by atoms with Crippen molar-refractivity contribution < 1.29 is 25.9 Å². The maximum atomic E-state index is 12.8. The highest BCUT2D eigenvalue weighted by molar-refractivity contribution is 7.92. The fourth-order valence-electron chi connectivity index (χ4n) is 0.993. The molecule has 1 aromatic carbocycles. The lowest BCUT2D eigenvalue weighted by Gasteiger charge is -2.12. The van der Waals surface area contributed by atoms with Crippen LogP contribution in [0.4, 0.5) is 13.2 Å². The summed E-state index contributed by atoms with van der Waals surface area (Å²) < 4.78 is 61.6. The van der Waals surface area contributed by atoms with E-state index in [1.165, 1.54) is 18.2 Å². The van der Waals surface area contributed by atoms with E-state index < -0.39 is 30.7 Å². The molecule has 0 atom stereocenters. The average molecular weight is 371 g/mol. The van der Waals surface area contributed by atoms with Crippen LogP contribution >= 0.6 is 34.8 Å². The van der Waals surface area contributed by atoms with Gasteiger partial charge in [0.2, 0.25) is 0 Å². The van der Waals surface area contributed by atoms with Gasteiger partial charge in [-0.2, -0.15) is 21.6 Å². The third-order valence-electron chi connectivity index (χ3n) is 1.83. The van der Waals surface area contributed by atoms with E-state index in [9.17, 15) is 21.6 Å². The summed E-state index contributed by atoms with van der Waals surface area (Å²) in [6.45, 7) is 0. The summed E-state index contributed by atoms with van der Waals surface area (Å²) in [5.41, 5.74) is -1.98. The van der Waals surface area contributed by atoms with Crippen molar-refractivity contribution in [3.63, 3.8) is 0 Å². The molecule has 0 heterocycles. The average Bonchev–Trinajstić information content (AvgIpc) is 2.27. The molecule has 0 amide bonds. The van der Waals surface area contributed by atoms with Gasteiger partial charge in [-0.15, -0.1) is 0 Å². The Balaban J connectivity index is 3.19. The van der Waals surface area contributed by atoms with Crippen LogP contribution < -0.4 is 0 Å². The molecule has 20 heavy (non-hydrogen) atoms. The van der Waals surface area contributed by atoms with Crippen LogP contribution in [0.25, 0.3) is 0 Å². The number of halogens is 6. The summed E-state index contributed by atoms with van der Waals surface area (Å²) >= 11 is 15.1. The zero-order valence-corrected chi connectivity index (χ0v) is 12.3. The number of alkyl halides is 6. The van der Waals surface area contributed by atoms with Crippen molar-refractivity contribution in [3.8, 4) is 0 Å². The third kappa shape index (κ3) is 4.41. The molecule has 0 bridgehead atoms. The zero-order chi connectivity index (χ0) is 15.6. The summed E-state index contributed by atoms with van der Waals surface area (Å²) in [6, 6.07) is 6.21. The molecule has 0 aliphatic heterocycles. The molecule has 0 N–H and O–H groups in total. The van der Waals surface area contributed by atoms with Crippen molar-refractivity contribution in [2.45, 2.75) is 9.30 Å². The van der Waals surface area contributed by atoms with Gasteiger partial charge < -0.3 is 0 Å². The van der Waals surface area contributed by atoms with E-state index in [0.717, 1.165) is 12.1 Å². The molecule has 0 radical (unpaired) electrons. The minimum atomic E-state index is -4.95. The van der Waals surface area contributed by atoms with Crippen LogP contribution in [0, 0.1) is 0 Å². The molecule has 11 heteroatoms. The molecule has 1 rings (SSSR count). The number of hydrogen-bond acceptors (Lipinski definition) is 4. The van der Waals surface area contributed by atoms with Gasteiger partial charge in [-0.1, -0.05) is 70.3 Å². The van der Waals surface area contributed by atoms with Crippen molar-refractivity contribution in [2.24, 2.45) is 5.16 Å². The normalized spacial score (nSPS) is 14.2. The Kier molecular flexibility index (Phi) is 5.18. The standard InChI is InChI=1S/C9H5Cl3F3NO3S/c10-9(11,12)20(17,18)19-16-7(8(13,14)15)6-4-2-1-3-5-6/h1-5H/b16-7-. The van der Waals surface area contributed by atoms with Crippen molar-refractivity contribution in [1.29, 1.82) is 0 Å². The molecule has 1 aromatic rings. The minimum Gasteiger partial charge on any atom is -0.265 e. The van der Waals surface area contributed by atoms with Crippen molar-refractivity contribution >= 4 is 50.6 Å². The van der Waals surface area contributed by atoms with E-state index in [0.29, 0.717) is 0 Å². The molecule has 0 unspecified atom stereocenters. The summed E-state index contributed by atoms with van der Waals surface area (Å²) in [7, 11) is -4.95. The Morgan fingerprint density at radius 1 is 1.10 bits per heavy atom. The van der Waals surface area contributed by atoms with E-state index in [2.05, 4.69) is 9.44 Å². The number of rotatable bonds is 3. The van der Waals surface area contributed by atoms with Gasteiger partial charge in [0.15, 0.2) is 5.71 Å². The quantitative estimate of drug-likeness (QED) is 0.464. The van der Waals surface area contributed by atoms with E-state index in [-0.39, 0.29) is 0 Å². The second-order valence-corrected chi connectivity index (χ2v) is 7.90. The molecule has 0 aliphatic rings. The Morgan fingerprint density at radius 3 is 2.00 bits per heavy atom. The molecule has 0 saturated heterocycles. The van der Waals surface area contributed by atoms with Crippen LogP contribution in [0.15, 0.2) is 35.5 Å². The second kappa shape index (κ2) is 5.97. The largest absolute Gasteiger partial charge is 0.437 e. The van der Waals surface area contributed by atoms with Gasteiger partial charge in [-0.3, -0.25) is 4.28 Å². The fourth-order valence-corrected chi connectivity index (χ4v) is 1.50. The first-order valence-corrected chi connectivity index (χ1v) is 7.20. The van der Waals surface area contributed by atoms with Crippen molar-refractivity contribution in [2.75, 3.05) is 0 Å². The van der Waals surface area contributed by atoms with Gasteiger partial charge in [0.1, 0.15) is 0 Å². The van der Waals surface area contributed by atoms with E-state index in [1.807, 2.05) is 0 Å².